The topological polar surface area (TPSA) is 41.5 Å². The zero-order valence-corrected chi connectivity index (χ0v) is 12.2. The second-order valence-electron chi connectivity index (χ2n) is 4.36. The summed E-state index contributed by atoms with van der Waals surface area (Å²) in [4.78, 5) is 0. The molecule has 18 heavy (non-hydrogen) atoms. The predicted molar refractivity (Wildman–Crippen MR) is 75.5 cm³/mol. The number of aliphatic hydroxyl groups excluding tert-OH is 1. The lowest BCUT2D eigenvalue weighted by Crippen LogP contribution is -2.32. The summed E-state index contributed by atoms with van der Waals surface area (Å²) in [6.07, 6.45) is -0.571. The molecule has 0 radical (unpaired) electrons. The highest BCUT2D eigenvalue weighted by molar-refractivity contribution is 6.32. The van der Waals surface area contributed by atoms with E-state index in [1.165, 1.54) is 0 Å². The van der Waals surface area contributed by atoms with Crippen molar-refractivity contribution < 1.29 is 9.84 Å². The molecule has 0 spiro atoms. The van der Waals surface area contributed by atoms with Crippen LogP contribution in [-0.4, -0.2) is 24.3 Å². The lowest BCUT2D eigenvalue weighted by Gasteiger charge is -2.22. The molecule has 2 N–H and O–H groups in total. The van der Waals surface area contributed by atoms with Crippen molar-refractivity contribution in [3.8, 4) is 5.75 Å². The van der Waals surface area contributed by atoms with E-state index in [1.54, 1.807) is 6.07 Å². The van der Waals surface area contributed by atoms with Gasteiger partial charge in [-0.3, -0.25) is 0 Å². The van der Waals surface area contributed by atoms with Crippen LogP contribution in [0.3, 0.4) is 0 Å². The average molecular weight is 272 g/mol. The zero-order valence-electron chi connectivity index (χ0n) is 11.5. The van der Waals surface area contributed by atoms with E-state index in [-0.39, 0.29) is 6.04 Å². The summed E-state index contributed by atoms with van der Waals surface area (Å²) in [6, 6.07) is 3.66. The fourth-order valence-corrected chi connectivity index (χ4v) is 2.18. The molecular formula is C14H22ClNO2. The van der Waals surface area contributed by atoms with Crippen LogP contribution in [0.25, 0.3) is 0 Å². The van der Waals surface area contributed by atoms with Gasteiger partial charge in [-0.1, -0.05) is 18.5 Å². The highest BCUT2D eigenvalue weighted by Crippen LogP contribution is 2.32. The van der Waals surface area contributed by atoms with Crippen molar-refractivity contribution >= 4 is 11.6 Å². The molecule has 1 aromatic rings. The zero-order chi connectivity index (χ0) is 13.7. The minimum absolute atomic E-state index is 0.0114. The summed E-state index contributed by atoms with van der Waals surface area (Å²) < 4.78 is 5.43. The smallest absolute Gasteiger partial charge is 0.138 e. The maximum Gasteiger partial charge on any atom is 0.138 e. The van der Waals surface area contributed by atoms with Crippen LogP contribution in [0.1, 0.15) is 38.0 Å². The Labute approximate surface area is 114 Å². The number of likely N-dealkylation sites (N-methyl/N-ethyl adjacent to an activating group) is 1. The van der Waals surface area contributed by atoms with Gasteiger partial charge in [0.05, 0.1) is 17.7 Å². The van der Waals surface area contributed by atoms with Crippen LogP contribution in [-0.2, 0) is 0 Å². The van der Waals surface area contributed by atoms with Crippen LogP contribution in [0.15, 0.2) is 12.1 Å². The summed E-state index contributed by atoms with van der Waals surface area (Å²) in [5.41, 5.74) is 1.83. The van der Waals surface area contributed by atoms with Crippen molar-refractivity contribution in [2.24, 2.45) is 0 Å². The molecule has 0 bridgehead atoms. The quantitative estimate of drug-likeness (QED) is 0.835. The Bertz CT molecular complexity index is 396. The second kappa shape index (κ2) is 6.98. The lowest BCUT2D eigenvalue weighted by atomic mass is 9.98. The number of ether oxygens (including phenoxy) is 1. The second-order valence-corrected chi connectivity index (χ2v) is 4.77. The van der Waals surface area contributed by atoms with Crippen molar-refractivity contribution in [1.82, 2.24) is 5.32 Å². The summed E-state index contributed by atoms with van der Waals surface area (Å²) >= 11 is 6.15. The Hall–Kier alpha value is -0.770. The number of halogens is 1. The number of aliphatic hydroxyl groups is 1. The van der Waals surface area contributed by atoms with E-state index < -0.39 is 6.10 Å². The van der Waals surface area contributed by atoms with Gasteiger partial charge in [-0.25, -0.2) is 0 Å². The van der Waals surface area contributed by atoms with E-state index in [4.69, 9.17) is 16.3 Å². The van der Waals surface area contributed by atoms with Gasteiger partial charge in [0, 0.05) is 6.04 Å². The third-order valence-electron chi connectivity index (χ3n) is 2.94. The number of nitrogens with one attached hydrogen (secondary N) is 1. The molecule has 102 valence electrons. The number of hydrogen-bond acceptors (Lipinski definition) is 3. The number of benzene rings is 1. The van der Waals surface area contributed by atoms with Crippen LogP contribution in [0.2, 0.25) is 5.02 Å². The molecule has 0 amide bonds. The lowest BCUT2D eigenvalue weighted by molar-refractivity contribution is 0.136. The van der Waals surface area contributed by atoms with Crippen molar-refractivity contribution in [2.75, 3.05) is 13.2 Å². The maximum absolute atomic E-state index is 10.3. The van der Waals surface area contributed by atoms with Crippen LogP contribution in [0, 0.1) is 6.92 Å². The largest absolute Gasteiger partial charge is 0.492 e. The Kier molecular flexibility index (Phi) is 5.93. The van der Waals surface area contributed by atoms with Gasteiger partial charge in [-0.2, -0.15) is 0 Å². The maximum atomic E-state index is 10.3. The Morgan fingerprint density at radius 2 is 2.06 bits per heavy atom. The van der Waals surface area contributed by atoms with Crippen molar-refractivity contribution in [3.05, 3.63) is 28.3 Å². The molecule has 0 aliphatic rings. The third kappa shape index (κ3) is 3.61. The Balaban J connectivity index is 2.99. The van der Waals surface area contributed by atoms with E-state index in [0.29, 0.717) is 17.4 Å². The number of aryl methyl sites for hydroxylation is 1. The van der Waals surface area contributed by atoms with Crippen molar-refractivity contribution in [1.29, 1.82) is 0 Å². The average Bonchev–Trinajstić information content (AvgIpc) is 2.33. The molecule has 0 aliphatic carbocycles. The fraction of sp³-hybridized carbons (Fsp3) is 0.571. The van der Waals surface area contributed by atoms with Gasteiger partial charge >= 0.3 is 0 Å². The van der Waals surface area contributed by atoms with Gasteiger partial charge in [-0.05, 0) is 50.6 Å². The van der Waals surface area contributed by atoms with E-state index in [1.807, 2.05) is 33.8 Å². The molecule has 2 unspecified atom stereocenters. The van der Waals surface area contributed by atoms with Crippen LogP contribution < -0.4 is 10.1 Å². The molecule has 0 fully saturated rings. The Morgan fingerprint density at radius 1 is 1.39 bits per heavy atom. The molecule has 3 nitrogen and oxygen atoms in total. The Morgan fingerprint density at radius 3 is 2.61 bits per heavy atom. The summed E-state index contributed by atoms with van der Waals surface area (Å²) in [6.45, 7) is 9.24. The minimum Gasteiger partial charge on any atom is -0.492 e. The van der Waals surface area contributed by atoms with Crippen molar-refractivity contribution in [3.63, 3.8) is 0 Å². The van der Waals surface area contributed by atoms with Gasteiger partial charge in [-0.15, -0.1) is 0 Å². The van der Waals surface area contributed by atoms with Crippen molar-refractivity contribution in [2.45, 2.75) is 39.8 Å². The highest BCUT2D eigenvalue weighted by atomic mass is 35.5. The first-order valence-corrected chi connectivity index (χ1v) is 6.73. The van der Waals surface area contributed by atoms with E-state index in [0.717, 1.165) is 17.7 Å². The standard InChI is InChI=1S/C14H22ClNO2/c1-5-16-10(4)14(17)11-8-12(15)13(18-6-2)7-9(11)3/h7-8,10,14,16-17H,5-6H2,1-4H3. The van der Waals surface area contributed by atoms with E-state index in [9.17, 15) is 5.11 Å². The van der Waals surface area contributed by atoms with E-state index in [2.05, 4.69) is 5.32 Å². The monoisotopic (exact) mass is 271 g/mol. The summed E-state index contributed by atoms with van der Waals surface area (Å²) in [5, 5.41) is 14.0. The molecule has 0 saturated heterocycles. The van der Waals surface area contributed by atoms with Gasteiger partial charge in [0.25, 0.3) is 0 Å². The molecular weight excluding hydrogens is 250 g/mol. The number of hydrogen-bond donors (Lipinski definition) is 2. The predicted octanol–water partition coefficient (Wildman–Crippen LogP) is 3.08. The molecule has 4 heteroatoms. The minimum atomic E-state index is -0.571. The first kappa shape index (κ1) is 15.3. The van der Waals surface area contributed by atoms with Gasteiger partial charge in [0.1, 0.15) is 5.75 Å². The molecule has 1 aromatic carbocycles. The van der Waals surface area contributed by atoms with Gasteiger partial charge < -0.3 is 15.2 Å². The highest BCUT2D eigenvalue weighted by Gasteiger charge is 2.19. The first-order chi connectivity index (χ1) is 8.51. The number of rotatable bonds is 6. The molecule has 2 atom stereocenters. The molecule has 0 saturated carbocycles. The normalized spacial score (nSPS) is 14.3. The summed E-state index contributed by atoms with van der Waals surface area (Å²) in [5.74, 6) is 0.670. The molecule has 0 aromatic heterocycles. The van der Waals surface area contributed by atoms with Gasteiger partial charge in [0.15, 0.2) is 0 Å². The first-order valence-electron chi connectivity index (χ1n) is 6.35. The SMILES string of the molecule is CCNC(C)C(O)c1cc(Cl)c(OCC)cc1C. The van der Waals surface area contributed by atoms with Crippen LogP contribution >= 0.6 is 11.6 Å². The fourth-order valence-electron chi connectivity index (χ4n) is 1.96. The molecule has 0 heterocycles. The van der Waals surface area contributed by atoms with Crippen LogP contribution in [0.4, 0.5) is 0 Å². The third-order valence-corrected chi connectivity index (χ3v) is 3.23. The van der Waals surface area contributed by atoms with Crippen LogP contribution in [0.5, 0.6) is 5.75 Å². The summed E-state index contributed by atoms with van der Waals surface area (Å²) in [7, 11) is 0. The van der Waals surface area contributed by atoms with Gasteiger partial charge in [0.2, 0.25) is 0 Å². The van der Waals surface area contributed by atoms with E-state index >= 15 is 0 Å². The molecule has 0 aliphatic heterocycles. The molecule has 1 rings (SSSR count).